The molecule has 6 unspecified atom stereocenters. The number of rotatable bonds is 5. The Labute approximate surface area is 177 Å². The normalized spacial score (nSPS) is 46.3. The van der Waals surface area contributed by atoms with Crippen molar-refractivity contribution in [1.82, 2.24) is 0 Å². The Kier molecular flexibility index (Phi) is 5.68. The van der Waals surface area contributed by atoms with Crippen LogP contribution in [0.2, 0.25) is 0 Å². The van der Waals surface area contributed by atoms with Crippen molar-refractivity contribution in [2.24, 2.45) is 34.5 Å². The summed E-state index contributed by atoms with van der Waals surface area (Å²) in [5.74, 6) is 3.28. The van der Waals surface area contributed by atoms with Crippen LogP contribution in [0, 0.1) is 34.5 Å². The predicted octanol–water partition coefficient (Wildman–Crippen LogP) is 6.05. The highest BCUT2D eigenvalue weighted by Gasteiger charge is 2.58. The third-order valence-electron chi connectivity index (χ3n) is 9.99. The molecule has 3 heteroatoms. The second-order valence-corrected chi connectivity index (χ2v) is 11.6. The molecule has 29 heavy (non-hydrogen) atoms. The molecule has 0 aromatic heterocycles. The summed E-state index contributed by atoms with van der Waals surface area (Å²) in [7, 11) is 1.49. The van der Waals surface area contributed by atoms with Crippen LogP contribution in [-0.2, 0) is 9.53 Å². The molecule has 3 nitrogen and oxygen atoms in total. The van der Waals surface area contributed by atoms with E-state index in [0.29, 0.717) is 17.3 Å². The van der Waals surface area contributed by atoms with Crippen LogP contribution in [0.4, 0.5) is 0 Å². The van der Waals surface area contributed by atoms with Gasteiger partial charge in [0.15, 0.2) is 0 Å². The molecule has 0 aliphatic heterocycles. The first kappa shape index (κ1) is 21.4. The van der Waals surface area contributed by atoms with Gasteiger partial charge in [0, 0.05) is 6.42 Å². The minimum atomic E-state index is -0.496. The zero-order valence-corrected chi connectivity index (χ0v) is 19.1. The average Bonchev–Trinajstić information content (AvgIpc) is 3.02. The Hall–Kier alpha value is -0.830. The molecule has 164 valence electrons. The van der Waals surface area contributed by atoms with Crippen molar-refractivity contribution in [3.63, 3.8) is 0 Å². The van der Waals surface area contributed by atoms with Crippen molar-refractivity contribution >= 4 is 5.97 Å². The largest absolute Gasteiger partial charge is 0.469 e. The van der Waals surface area contributed by atoms with Crippen molar-refractivity contribution in [1.29, 1.82) is 0 Å². The predicted molar refractivity (Wildman–Crippen MR) is 116 cm³/mol. The number of methoxy groups -OCH3 is 1. The van der Waals surface area contributed by atoms with Crippen molar-refractivity contribution in [2.45, 2.75) is 103 Å². The van der Waals surface area contributed by atoms with Gasteiger partial charge in [-0.15, -0.1) is 0 Å². The molecular weight excluding hydrogens is 360 g/mol. The number of carbonyl (C=O) groups excluding carboxylic acids is 1. The number of aliphatic hydroxyl groups is 1. The summed E-state index contributed by atoms with van der Waals surface area (Å²) in [4.78, 5) is 11.4. The fourth-order valence-corrected chi connectivity index (χ4v) is 8.15. The Balaban J connectivity index is 1.44. The standard InChI is InChI=1S/C26H42O3/c1-24(28)15-16-26(3)19(17-24)9-11-20-21-12-10-18(7-5-6-8-23(27)29-4)25(21,2)14-13-22(20)26/h9,18,20-22,28H,5-8,10-17H2,1-4H3/t18?,20?,21?,22?,24-,25?,26?/m0/s1. The molecule has 4 aliphatic rings. The first-order valence-corrected chi connectivity index (χ1v) is 12.2. The molecule has 0 aromatic carbocycles. The highest BCUT2D eigenvalue weighted by atomic mass is 16.5. The molecule has 0 saturated heterocycles. The van der Waals surface area contributed by atoms with E-state index in [2.05, 4.69) is 19.9 Å². The zero-order valence-electron chi connectivity index (χ0n) is 19.1. The highest BCUT2D eigenvalue weighted by Crippen LogP contribution is 2.67. The van der Waals surface area contributed by atoms with E-state index in [4.69, 9.17) is 4.74 Å². The molecule has 7 atom stereocenters. The van der Waals surface area contributed by atoms with Gasteiger partial charge in [-0.25, -0.2) is 0 Å². The summed E-state index contributed by atoms with van der Waals surface area (Å²) in [5.41, 5.74) is 1.89. The Morgan fingerprint density at radius 1 is 1.10 bits per heavy atom. The van der Waals surface area contributed by atoms with E-state index in [0.717, 1.165) is 55.8 Å². The zero-order chi connectivity index (χ0) is 20.9. The molecule has 4 rings (SSSR count). The number of carbonyl (C=O) groups is 1. The quantitative estimate of drug-likeness (QED) is 0.346. The maximum atomic E-state index is 11.4. The van der Waals surface area contributed by atoms with E-state index in [9.17, 15) is 9.90 Å². The van der Waals surface area contributed by atoms with E-state index >= 15 is 0 Å². The lowest BCUT2D eigenvalue weighted by molar-refractivity contribution is -0.140. The molecule has 0 heterocycles. The smallest absolute Gasteiger partial charge is 0.305 e. The molecule has 0 aromatic rings. The number of ether oxygens (including phenoxy) is 1. The first-order valence-electron chi connectivity index (χ1n) is 12.2. The van der Waals surface area contributed by atoms with Gasteiger partial charge >= 0.3 is 5.97 Å². The van der Waals surface area contributed by atoms with Gasteiger partial charge in [0.2, 0.25) is 0 Å². The van der Waals surface area contributed by atoms with Crippen molar-refractivity contribution < 1.29 is 14.6 Å². The summed E-state index contributed by atoms with van der Waals surface area (Å²) in [5, 5.41) is 10.6. The third kappa shape index (κ3) is 3.70. The molecule has 0 spiro atoms. The number of hydrogen-bond acceptors (Lipinski definition) is 3. The summed E-state index contributed by atoms with van der Waals surface area (Å²) >= 11 is 0. The lowest BCUT2D eigenvalue weighted by Crippen LogP contribution is -2.51. The summed E-state index contributed by atoms with van der Waals surface area (Å²) in [6.07, 6.45) is 16.3. The number of allylic oxidation sites excluding steroid dienone is 1. The van der Waals surface area contributed by atoms with Crippen LogP contribution >= 0.6 is 0 Å². The minimum Gasteiger partial charge on any atom is -0.469 e. The lowest BCUT2D eigenvalue weighted by atomic mass is 9.46. The van der Waals surface area contributed by atoms with Crippen LogP contribution < -0.4 is 0 Å². The van der Waals surface area contributed by atoms with Gasteiger partial charge in [0.25, 0.3) is 0 Å². The molecule has 4 aliphatic carbocycles. The Morgan fingerprint density at radius 3 is 2.66 bits per heavy atom. The topological polar surface area (TPSA) is 46.5 Å². The van der Waals surface area contributed by atoms with Crippen LogP contribution in [-0.4, -0.2) is 23.8 Å². The summed E-state index contributed by atoms with van der Waals surface area (Å²) in [6.45, 7) is 7.14. The maximum absolute atomic E-state index is 11.4. The van der Waals surface area contributed by atoms with E-state index in [1.54, 1.807) is 5.57 Å². The van der Waals surface area contributed by atoms with Crippen molar-refractivity contribution in [3.8, 4) is 0 Å². The minimum absolute atomic E-state index is 0.0643. The monoisotopic (exact) mass is 402 g/mol. The fourth-order valence-electron chi connectivity index (χ4n) is 8.15. The van der Waals surface area contributed by atoms with E-state index < -0.39 is 5.60 Å². The molecular formula is C26H42O3. The fraction of sp³-hybridized carbons (Fsp3) is 0.885. The number of esters is 1. The summed E-state index contributed by atoms with van der Waals surface area (Å²) in [6, 6.07) is 0. The number of fused-ring (bicyclic) bond motifs is 5. The molecule has 0 radical (unpaired) electrons. The van der Waals surface area contributed by atoms with Crippen LogP contribution in [0.3, 0.4) is 0 Å². The highest BCUT2D eigenvalue weighted by molar-refractivity contribution is 5.68. The van der Waals surface area contributed by atoms with Crippen molar-refractivity contribution in [3.05, 3.63) is 11.6 Å². The molecule has 3 fully saturated rings. The molecule has 3 saturated carbocycles. The van der Waals surface area contributed by atoms with Gasteiger partial charge in [-0.1, -0.05) is 31.9 Å². The van der Waals surface area contributed by atoms with Gasteiger partial charge < -0.3 is 9.84 Å². The van der Waals surface area contributed by atoms with Crippen LogP contribution in [0.5, 0.6) is 0 Å². The lowest BCUT2D eigenvalue weighted by Gasteiger charge is -2.59. The number of unbranched alkanes of at least 4 members (excludes halogenated alkanes) is 1. The second-order valence-electron chi connectivity index (χ2n) is 11.6. The second kappa shape index (κ2) is 7.70. The van der Waals surface area contributed by atoms with Crippen LogP contribution in [0.1, 0.15) is 97.8 Å². The molecule has 0 bridgehead atoms. The van der Waals surface area contributed by atoms with Crippen LogP contribution in [0.25, 0.3) is 0 Å². The maximum Gasteiger partial charge on any atom is 0.305 e. The molecule has 1 N–H and O–H groups in total. The molecule has 0 amide bonds. The van der Waals surface area contributed by atoms with Gasteiger partial charge in [0.1, 0.15) is 0 Å². The third-order valence-corrected chi connectivity index (χ3v) is 9.99. The van der Waals surface area contributed by atoms with E-state index in [1.807, 2.05) is 6.92 Å². The van der Waals surface area contributed by atoms with E-state index in [1.165, 1.54) is 45.6 Å². The van der Waals surface area contributed by atoms with Gasteiger partial charge in [0.05, 0.1) is 12.7 Å². The average molecular weight is 403 g/mol. The SMILES string of the molecule is COC(=O)CCCCC1CCC2C3CC=C4C[C@@](C)(O)CCC4(C)C3CCC12C. The Morgan fingerprint density at radius 2 is 1.90 bits per heavy atom. The van der Waals surface area contributed by atoms with Crippen molar-refractivity contribution in [2.75, 3.05) is 7.11 Å². The Bertz CT molecular complexity index is 665. The van der Waals surface area contributed by atoms with Gasteiger partial charge in [-0.05, 0) is 106 Å². The van der Waals surface area contributed by atoms with Gasteiger partial charge in [-0.3, -0.25) is 4.79 Å². The summed E-state index contributed by atoms with van der Waals surface area (Å²) < 4.78 is 4.79. The van der Waals surface area contributed by atoms with Crippen LogP contribution in [0.15, 0.2) is 11.6 Å². The van der Waals surface area contributed by atoms with E-state index in [-0.39, 0.29) is 5.97 Å². The number of hydrogen-bond donors (Lipinski definition) is 1. The first-order chi connectivity index (χ1) is 13.7. The van der Waals surface area contributed by atoms with Gasteiger partial charge in [-0.2, -0.15) is 0 Å².